The fourth-order valence-electron chi connectivity index (χ4n) is 3.76. The number of amides is 2. The first-order chi connectivity index (χ1) is 16.5. The Morgan fingerprint density at radius 1 is 1.09 bits per heavy atom. The molecule has 0 fully saturated rings. The highest BCUT2D eigenvalue weighted by Gasteiger charge is 2.19. The number of halogens is 1. The molecule has 0 aliphatic heterocycles. The number of unbranched alkanes of at least 4 members (excludes halogenated alkanes) is 1. The molecule has 0 aliphatic rings. The summed E-state index contributed by atoms with van der Waals surface area (Å²) in [6.45, 7) is 8.20. The summed E-state index contributed by atoms with van der Waals surface area (Å²) in [5, 5.41) is 7.57. The predicted octanol–water partition coefficient (Wildman–Crippen LogP) is 4.16. The summed E-state index contributed by atoms with van der Waals surface area (Å²) >= 11 is 0. The molecule has 3 rings (SSSR count). The lowest BCUT2D eigenvalue weighted by atomic mass is 10.1. The number of aryl methyl sites for hydroxylation is 2. The van der Waals surface area contributed by atoms with Gasteiger partial charge >= 0.3 is 11.7 Å². The zero-order valence-electron chi connectivity index (χ0n) is 20.1. The van der Waals surface area contributed by atoms with Crippen molar-refractivity contribution in [1.82, 2.24) is 29.5 Å². The van der Waals surface area contributed by atoms with Crippen molar-refractivity contribution in [2.75, 3.05) is 19.6 Å². The van der Waals surface area contributed by atoms with Crippen LogP contribution in [0.15, 0.2) is 47.5 Å². The van der Waals surface area contributed by atoms with Crippen molar-refractivity contribution in [3.05, 3.63) is 64.6 Å². The minimum absolute atomic E-state index is 0.0763. The Balaban J connectivity index is 1.84. The van der Waals surface area contributed by atoms with E-state index in [0.717, 1.165) is 30.4 Å². The monoisotopic (exact) mass is 468 g/mol. The fraction of sp³-hybridized carbons (Fsp3) is 0.440. The van der Waals surface area contributed by atoms with Crippen LogP contribution in [0, 0.1) is 12.7 Å². The van der Waals surface area contributed by atoms with Gasteiger partial charge in [0.2, 0.25) is 0 Å². The molecule has 0 saturated heterocycles. The molecule has 3 aromatic rings. The molecule has 2 amide bonds. The summed E-state index contributed by atoms with van der Waals surface area (Å²) in [7, 11) is 0. The van der Waals surface area contributed by atoms with Gasteiger partial charge in [-0.3, -0.25) is 4.98 Å². The van der Waals surface area contributed by atoms with Crippen molar-refractivity contribution >= 4 is 6.03 Å². The second-order valence-corrected chi connectivity index (χ2v) is 8.26. The van der Waals surface area contributed by atoms with Crippen LogP contribution in [0.4, 0.5) is 9.18 Å². The first kappa shape index (κ1) is 25.1. The van der Waals surface area contributed by atoms with Crippen molar-refractivity contribution in [2.45, 2.75) is 53.0 Å². The molecular formula is C25H33FN6O2. The van der Waals surface area contributed by atoms with Gasteiger partial charge in [0, 0.05) is 44.1 Å². The molecule has 2 aromatic heterocycles. The smallest absolute Gasteiger partial charge is 0.338 e. The first-order valence-corrected chi connectivity index (χ1v) is 11.9. The summed E-state index contributed by atoms with van der Waals surface area (Å²) in [6, 6.07) is 7.50. The predicted molar refractivity (Wildman–Crippen MR) is 131 cm³/mol. The largest absolute Gasteiger partial charge is 0.350 e. The first-order valence-electron chi connectivity index (χ1n) is 11.9. The SMILES string of the molecule is CCCCNC(=O)N(CCC)CCCn1nc(-c2ccncc2C)n(-c2ccc(F)cc2)c1=O. The van der Waals surface area contributed by atoms with Gasteiger partial charge in [-0.2, -0.15) is 0 Å². The number of carbonyl (C=O) groups excluding carboxylic acids is 1. The van der Waals surface area contributed by atoms with E-state index in [0.29, 0.717) is 44.1 Å². The molecular weight excluding hydrogens is 435 g/mol. The molecule has 182 valence electrons. The Bertz CT molecular complexity index is 1140. The number of nitrogens with zero attached hydrogens (tertiary/aromatic N) is 5. The van der Waals surface area contributed by atoms with Crippen LogP contribution in [-0.4, -0.2) is 49.9 Å². The topological polar surface area (TPSA) is 85.1 Å². The van der Waals surface area contributed by atoms with E-state index in [1.165, 1.54) is 21.4 Å². The van der Waals surface area contributed by atoms with Crippen molar-refractivity contribution in [3.8, 4) is 17.1 Å². The highest BCUT2D eigenvalue weighted by molar-refractivity contribution is 5.74. The van der Waals surface area contributed by atoms with Crippen molar-refractivity contribution in [1.29, 1.82) is 0 Å². The maximum Gasteiger partial charge on any atom is 0.350 e. The molecule has 34 heavy (non-hydrogen) atoms. The summed E-state index contributed by atoms with van der Waals surface area (Å²) in [5.41, 5.74) is 1.87. The summed E-state index contributed by atoms with van der Waals surface area (Å²) in [5.74, 6) is 0.0956. The molecule has 1 aromatic carbocycles. The molecule has 0 radical (unpaired) electrons. The van der Waals surface area contributed by atoms with Gasteiger partial charge < -0.3 is 10.2 Å². The van der Waals surface area contributed by atoms with Crippen LogP contribution in [-0.2, 0) is 6.54 Å². The average molecular weight is 469 g/mol. The van der Waals surface area contributed by atoms with Gasteiger partial charge in [-0.05, 0) is 62.1 Å². The van der Waals surface area contributed by atoms with Gasteiger partial charge in [-0.1, -0.05) is 20.3 Å². The van der Waals surface area contributed by atoms with E-state index in [2.05, 4.69) is 22.3 Å². The molecule has 2 heterocycles. The van der Waals surface area contributed by atoms with Crippen LogP contribution in [0.1, 0.15) is 45.1 Å². The van der Waals surface area contributed by atoms with E-state index in [-0.39, 0.29) is 17.5 Å². The Hall–Kier alpha value is -3.49. The molecule has 0 unspecified atom stereocenters. The average Bonchev–Trinajstić information content (AvgIpc) is 3.15. The maximum atomic E-state index is 13.5. The van der Waals surface area contributed by atoms with Crippen LogP contribution < -0.4 is 11.0 Å². The summed E-state index contributed by atoms with van der Waals surface area (Å²) in [4.78, 5) is 31.7. The van der Waals surface area contributed by atoms with Crippen LogP contribution in [0.25, 0.3) is 17.1 Å². The lowest BCUT2D eigenvalue weighted by Gasteiger charge is -2.22. The number of pyridine rings is 1. The van der Waals surface area contributed by atoms with Crippen molar-refractivity contribution in [3.63, 3.8) is 0 Å². The van der Waals surface area contributed by atoms with E-state index in [4.69, 9.17) is 0 Å². The molecule has 0 aliphatic carbocycles. The fourth-order valence-corrected chi connectivity index (χ4v) is 3.76. The second-order valence-electron chi connectivity index (χ2n) is 8.26. The minimum atomic E-state index is -0.376. The van der Waals surface area contributed by atoms with E-state index < -0.39 is 0 Å². The van der Waals surface area contributed by atoms with Crippen molar-refractivity contribution in [2.24, 2.45) is 0 Å². The highest BCUT2D eigenvalue weighted by atomic mass is 19.1. The minimum Gasteiger partial charge on any atom is -0.338 e. The zero-order valence-corrected chi connectivity index (χ0v) is 20.1. The molecule has 9 heteroatoms. The normalized spacial score (nSPS) is 10.9. The van der Waals surface area contributed by atoms with E-state index in [1.807, 2.05) is 19.9 Å². The number of urea groups is 1. The van der Waals surface area contributed by atoms with Gasteiger partial charge in [0.1, 0.15) is 5.82 Å². The van der Waals surface area contributed by atoms with Crippen LogP contribution >= 0.6 is 0 Å². The molecule has 8 nitrogen and oxygen atoms in total. The summed E-state index contributed by atoms with van der Waals surface area (Å²) in [6.07, 6.45) is 6.77. The van der Waals surface area contributed by atoms with Gasteiger partial charge in [-0.25, -0.2) is 23.2 Å². The number of hydrogen-bond donors (Lipinski definition) is 1. The number of rotatable bonds is 11. The summed E-state index contributed by atoms with van der Waals surface area (Å²) < 4.78 is 16.4. The van der Waals surface area contributed by atoms with Gasteiger partial charge in [0.05, 0.1) is 5.69 Å². The number of aromatic nitrogens is 4. The second kappa shape index (κ2) is 12.1. The van der Waals surface area contributed by atoms with E-state index in [9.17, 15) is 14.0 Å². The van der Waals surface area contributed by atoms with Crippen molar-refractivity contribution < 1.29 is 9.18 Å². The van der Waals surface area contributed by atoms with Gasteiger partial charge in [0.25, 0.3) is 0 Å². The quantitative estimate of drug-likeness (QED) is 0.428. The Morgan fingerprint density at radius 2 is 1.85 bits per heavy atom. The lowest BCUT2D eigenvalue weighted by Crippen LogP contribution is -2.41. The molecule has 1 N–H and O–H groups in total. The number of nitrogens with one attached hydrogen (secondary N) is 1. The third-order valence-electron chi connectivity index (χ3n) is 5.57. The molecule has 0 saturated carbocycles. The Labute approximate surface area is 199 Å². The number of carbonyl (C=O) groups is 1. The van der Waals surface area contributed by atoms with Crippen LogP contribution in [0.2, 0.25) is 0 Å². The van der Waals surface area contributed by atoms with Crippen LogP contribution in [0.5, 0.6) is 0 Å². The zero-order chi connectivity index (χ0) is 24.5. The standard InChI is InChI=1S/C25H33FN6O2/c1-4-6-13-28-24(33)30(15-5-2)16-7-17-31-25(34)32(21-10-8-20(26)9-11-21)23(29-31)22-12-14-27-18-19(22)3/h8-12,14,18H,4-7,13,15-17H2,1-3H3,(H,28,33). The Morgan fingerprint density at radius 3 is 2.53 bits per heavy atom. The molecule has 0 bridgehead atoms. The van der Waals surface area contributed by atoms with E-state index >= 15 is 0 Å². The number of hydrogen-bond acceptors (Lipinski definition) is 4. The Kier molecular flexibility index (Phi) is 8.95. The van der Waals surface area contributed by atoms with E-state index in [1.54, 1.807) is 29.4 Å². The molecule has 0 spiro atoms. The highest BCUT2D eigenvalue weighted by Crippen LogP contribution is 2.22. The lowest BCUT2D eigenvalue weighted by molar-refractivity contribution is 0.195. The number of benzene rings is 1. The van der Waals surface area contributed by atoms with Crippen LogP contribution in [0.3, 0.4) is 0 Å². The maximum absolute atomic E-state index is 13.5. The third kappa shape index (κ3) is 6.09. The van der Waals surface area contributed by atoms with Gasteiger partial charge in [0.15, 0.2) is 5.82 Å². The molecule has 0 atom stereocenters. The van der Waals surface area contributed by atoms with Gasteiger partial charge in [-0.15, -0.1) is 5.10 Å². The third-order valence-corrected chi connectivity index (χ3v) is 5.57.